The number of anilines is 1. The van der Waals surface area contributed by atoms with Crippen LogP contribution in [-0.2, 0) is 0 Å². The van der Waals surface area contributed by atoms with Gasteiger partial charge in [0, 0.05) is 3.57 Å². The van der Waals surface area contributed by atoms with Gasteiger partial charge >= 0.3 is 0 Å². The Kier molecular flexibility index (Phi) is 4.36. The zero-order valence-electron chi connectivity index (χ0n) is 10.1. The summed E-state index contributed by atoms with van der Waals surface area (Å²) in [6.07, 6.45) is 0. The highest BCUT2D eigenvalue weighted by Crippen LogP contribution is 2.21. The maximum Gasteiger partial charge on any atom is 0.259 e. The van der Waals surface area contributed by atoms with Gasteiger partial charge in [-0.05, 0) is 52.9 Å². The normalized spacial score (nSPS) is 10.1. The van der Waals surface area contributed by atoms with Gasteiger partial charge in [-0.3, -0.25) is 4.79 Å². The summed E-state index contributed by atoms with van der Waals surface area (Å²) >= 11 is 2.01. The van der Waals surface area contributed by atoms with Crippen molar-refractivity contribution in [3.05, 3.63) is 57.4 Å². The molecule has 2 rings (SSSR count). The highest BCUT2D eigenvalue weighted by molar-refractivity contribution is 14.1. The number of ether oxygens (including phenoxy) is 1. The molecule has 0 aliphatic heterocycles. The lowest BCUT2D eigenvalue weighted by Gasteiger charge is -2.09. The topological polar surface area (TPSA) is 38.3 Å². The maximum absolute atomic E-state index is 13.7. The first kappa shape index (κ1) is 13.8. The molecular formula is C14H11FINO2. The number of carbonyl (C=O) groups excluding carboxylic acids is 1. The molecule has 1 N–H and O–H groups in total. The van der Waals surface area contributed by atoms with Crippen LogP contribution < -0.4 is 10.1 Å². The third kappa shape index (κ3) is 3.23. The molecule has 0 saturated heterocycles. The molecule has 0 saturated carbocycles. The highest BCUT2D eigenvalue weighted by Gasteiger charge is 2.13. The summed E-state index contributed by atoms with van der Waals surface area (Å²) in [5, 5.41) is 2.53. The van der Waals surface area contributed by atoms with Gasteiger partial charge in [0.25, 0.3) is 5.91 Å². The Morgan fingerprint density at radius 3 is 2.68 bits per heavy atom. The van der Waals surface area contributed by atoms with E-state index < -0.39 is 11.7 Å². The third-order valence-corrected chi connectivity index (χ3v) is 3.20. The fraction of sp³-hybridized carbons (Fsp3) is 0.0714. The SMILES string of the molecule is COc1ccccc1C(=O)Nc1ccc(I)cc1F. The minimum absolute atomic E-state index is 0.149. The molecule has 2 aromatic rings. The minimum atomic E-state index is -0.463. The lowest BCUT2D eigenvalue weighted by Crippen LogP contribution is -2.14. The molecule has 0 atom stereocenters. The Morgan fingerprint density at radius 2 is 2.00 bits per heavy atom. The van der Waals surface area contributed by atoms with E-state index >= 15 is 0 Å². The lowest BCUT2D eigenvalue weighted by molar-refractivity contribution is 0.102. The minimum Gasteiger partial charge on any atom is -0.496 e. The van der Waals surface area contributed by atoms with Gasteiger partial charge in [-0.1, -0.05) is 12.1 Å². The number of nitrogens with one attached hydrogen (secondary N) is 1. The number of amides is 1. The molecule has 5 heteroatoms. The summed E-state index contributed by atoms with van der Waals surface area (Å²) in [5.41, 5.74) is 0.513. The van der Waals surface area contributed by atoms with E-state index in [1.165, 1.54) is 19.2 Å². The predicted molar refractivity (Wildman–Crippen MR) is 80.1 cm³/mol. The van der Waals surface area contributed by atoms with Gasteiger partial charge in [-0.25, -0.2) is 4.39 Å². The average Bonchev–Trinajstić information content (AvgIpc) is 2.41. The van der Waals surface area contributed by atoms with Crippen molar-refractivity contribution >= 4 is 34.2 Å². The maximum atomic E-state index is 13.7. The Balaban J connectivity index is 2.26. The molecule has 0 aliphatic carbocycles. The van der Waals surface area contributed by atoms with Crippen molar-refractivity contribution in [1.29, 1.82) is 0 Å². The van der Waals surface area contributed by atoms with Gasteiger partial charge in [0.15, 0.2) is 0 Å². The van der Waals surface area contributed by atoms with Crippen LogP contribution >= 0.6 is 22.6 Å². The molecular weight excluding hydrogens is 360 g/mol. The number of methoxy groups -OCH3 is 1. The number of rotatable bonds is 3. The first-order chi connectivity index (χ1) is 9.11. The number of para-hydroxylation sites is 1. The Morgan fingerprint density at radius 1 is 1.26 bits per heavy atom. The van der Waals surface area contributed by atoms with Crippen molar-refractivity contribution in [1.82, 2.24) is 0 Å². The van der Waals surface area contributed by atoms with Crippen molar-refractivity contribution < 1.29 is 13.9 Å². The zero-order chi connectivity index (χ0) is 13.8. The quantitative estimate of drug-likeness (QED) is 0.836. The number of hydrogen-bond donors (Lipinski definition) is 1. The zero-order valence-corrected chi connectivity index (χ0v) is 12.3. The summed E-state index contributed by atoms with van der Waals surface area (Å²) in [4.78, 5) is 12.1. The summed E-state index contributed by atoms with van der Waals surface area (Å²) < 4.78 is 19.5. The van der Waals surface area contributed by atoms with Crippen LogP contribution in [0.5, 0.6) is 5.75 Å². The van der Waals surface area contributed by atoms with Crippen LogP contribution in [0.1, 0.15) is 10.4 Å². The van der Waals surface area contributed by atoms with Crippen LogP contribution in [0, 0.1) is 9.39 Å². The van der Waals surface area contributed by atoms with E-state index in [1.54, 1.807) is 30.3 Å². The van der Waals surface area contributed by atoms with Crippen molar-refractivity contribution in [2.24, 2.45) is 0 Å². The van der Waals surface area contributed by atoms with E-state index in [2.05, 4.69) is 5.32 Å². The molecule has 2 aromatic carbocycles. The molecule has 3 nitrogen and oxygen atoms in total. The summed E-state index contributed by atoms with van der Waals surface area (Å²) in [6.45, 7) is 0. The fourth-order valence-corrected chi connectivity index (χ4v) is 2.07. The van der Waals surface area contributed by atoms with Crippen LogP contribution in [0.15, 0.2) is 42.5 Å². The van der Waals surface area contributed by atoms with Gasteiger partial charge in [0.05, 0.1) is 18.4 Å². The number of halogens is 2. The van der Waals surface area contributed by atoms with Gasteiger partial charge in [-0.15, -0.1) is 0 Å². The molecule has 98 valence electrons. The molecule has 19 heavy (non-hydrogen) atoms. The second-order valence-corrected chi connectivity index (χ2v) is 5.02. The van der Waals surface area contributed by atoms with Crippen LogP contribution in [0.2, 0.25) is 0 Å². The molecule has 0 aromatic heterocycles. The molecule has 0 unspecified atom stereocenters. The van der Waals surface area contributed by atoms with Crippen molar-refractivity contribution in [3.63, 3.8) is 0 Å². The van der Waals surface area contributed by atoms with Gasteiger partial charge in [0.2, 0.25) is 0 Å². The number of benzene rings is 2. The Hall–Kier alpha value is -1.63. The largest absolute Gasteiger partial charge is 0.496 e. The molecule has 0 radical (unpaired) electrons. The standard InChI is InChI=1S/C14H11FINO2/c1-19-13-5-3-2-4-10(13)14(18)17-12-7-6-9(16)8-11(12)15/h2-8H,1H3,(H,17,18). The van der Waals surface area contributed by atoms with Crippen molar-refractivity contribution in [3.8, 4) is 5.75 Å². The Labute approximate surface area is 123 Å². The summed E-state index contributed by atoms with van der Waals surface area (Å²) in [7, 11) is 1.48. The third-order valence-electron chi connectivity index (χ3n) is 2.53. The summed E-state index contributed by atoms with van der Waals surface area (Å²) in [5.74, 6) is -0.418. The molecule has 0 spiro atoms. The summed E-state index contributed by atoms with van der Waals surface area (Å²) in [6, 6.07) is 11.4. The smallest absolute Gasteiger partial charge is 0.259 e. The average molecular weight is 371 g/mol. The van der Waals surface area contributed by atoms with E-state index in [-0.39, 0.29) is 5.69 Å². The monoisotopic (exact) mass is 371 g/mol. The van der Waals surface area contributed by atoms with Crippen LogP contribution in [0.3, 0.4) is 0 Å². The van der Waals surface area contributed by atoms with Gasteiger partial charge < -0.3 is 10.1 Å². The highest BCUT2D eigenvalue weighted by atomic mass is 127. The fourth-order valence-electron chi connectivity index (χ4n) is 1.61. The van der Waals surface area contributed by atoms with Crippen molar-refractivity contribution in [2.75, 3.05) is 12.4 Å². The van der Waals surface area contributed by atoms with E-state index in [0.717, 1.165) is 3.57 Å². The van der Waals surface area contributed by atoms with Gasteiger partial charge in [0.1, 0.15) is 11.6 Å². The molecule has 0 aliphatic rings. The number of carbonyl (C=O) groups is 1. The van der Waals surface area contributed by atoms with E-state index in [4.69, 9.17) is 4.74 Å². The molecule has 0 fully saturated rings. The predicted octanol–water partition coefficient (Wildman–Crippen LogP) is 3.69. The van der Waals surface area contributed by atoms with Crippen molar-refractivity contribution in [2.45, 2.75) is 0 Å². The van der Waals surface area contributed by atoms with Crippen LogP contribution in [0.4, 0.5) is 10.1 Å². The first-order valence-corrected chi connectivity index (χ1v) is 6.59. The molecule has 0 bridgehead atoms. The van der Waals surface area contributed by atoms with Gasteiger partial charge in [-0.2, -0.15) is 0 Å². The molecule has 0 heterocycles. The van der Waals surface area contributed by atoms with E-state index in [0.29, 0.717) is 11.3 Å². The number of hydrogen-bond acceptors (Lipinski definition) is 2. The van der Waals surface area contributed by atoms with E-state index in [9.17, 15) is 9.18 Å². The Bertz CT molecular complexity index is 616. The molecule has 1 amide bonds. The van der Waals surface area contributed by atoms with Crippen LogP contribution in [-0.4, -0.2) is 13.0 Å². The second-order valence-electron chi connectivity index (χ2n) is 3.78. The van der Waals surface area contributed by atoms with E-state index in [1.807, 2.05) is 22.6 Å². The lowest BCUT2D eigenvalue weighted by atomic mass is 10.2. The van der Waals surface area contributed by atoms with Crippen LogP contribution in [0.25, 0.3) is 0 Å². The first-order valence-electron chi connectivity index (χ1n) is 5.51. The second kappa shape index (κ2) is 6.01.